The lowest BCUT2D eigenvalue weighted by Gasteiger charge is -2.37. The van der Waals surface area contributed by atoms with E-state index in [2.05, 4.69) is 5.32 Å². The summed E-state index contributed by atoms with van der Waals surface area (Å²) in [5.41, 5.74) is 0. The van der Waals surface area contributed by atoms with Gasteiger partial charge in [0.15, 0.2) is 0 Å². The first kappa shape index (κ1) is 18.5. The molecule has 7 heteroatoms. The SMILES string of the molecule is COCCC(=O)N1CCC(N[C@H]2CCC[C@@H](C(F)(F)F)C2)CC1. The molecule has 1 aliphatic carbocycles. The van der Waals surface area contributed by atoms with Crippen LogP contribution in [0.15, 0.2) is 0 Å². The highest BCUT2D eigenvalue weighted by Gasteiger charge is 2.42. The predicted octanol–water partition coefficient (Wildman–Crippen LogP) is 2.72. The van der Waals surface area contributed by atoms with Gasteiger partial charge in [-0.2, -0.15) is 13.2 Å². The standard InChI is InChI=1S/C16H27F3N2O2/c1-23-10-7-15(22)21-8-5-13(6-9-21)20-14-4-2-3-12(11-14)16(17,18)19/h12-14,20H,2-11H2,1H3/t12-,14+/m1/s1. The van der Waals surface area contributed by atoms with E-state index in [0.717, 1.165) is 19.3 Å². The van der Waals surface area contributed by atoms with E-state index in [0.29, 0.717) is 32.5 Å². The zero-order valence-electron chi connectivity index (χ0n) is 13.7. The third-order valence-electron chi connectivity index (χ3n) is 4.98. The smallest absolute Gasteiger partial charge is 0.384 e. The van der Waals surface area contributed by atoms with Crippen LogP contribution in [0.3, 0.4) is 0 Å². The summed E-state index contributed by atoms with van der Waals surface area (Å²) in [6.45, 7) is 1.78. The fraction of sp³-hybridized carbons (Fsp3) is 0.938. The van der Waals surface area contributed by atoms with Crippen molar-refractivity contribution in [3.05, 3.63) is 0 Å². The molecular weight excluding hydrogens is 309 g/mol. The quantitative estimate of drug-likeness (QED) is 0.839. The molecule has 23 heavy (non-hydrogen) atoms. The average Bonchev–Trinajstić information content (AvgIpc) is 2.53. The summed E-state index contributed by atoms with van der Waals surface area (Å²) < 4.78 is 43.5. The Morgan fingerprint density at radius 1 is 1.17 bits per heavy atom. The average molecular weight is 336 g/mol. The van der Waals surface area contributed by atoms with Gasteiger partial charge in [-0.15, -0.1) is 0 Å². The molecule has 1 aliphatic heterocycles. The Morgan fingerprint density at radius 3 is 2.48 bits per heavy atom. The number of likely N-dealkylation sites (tertiary alicyclic amines) is 1. The Balaban J connectivity index is 1.73. The first-order chi connectivity index (χ1) is 10.9. The van der Waals surface area contributed by atoms with E-state index >= 15 is 0 Å². The molecule has 4 nitrogen and oxygen atoms in total. The lowest BCUT2D eigenvalue weighted by Crippen LogP contribution is -2.49. The van der Waals surface area contributed by atoms with Crippen molar-refractivity contribution in [1.29, 1.82) is 0 Å². The molecule has 0 aromatic rings. The Kier molecular flexibility index (Phi) is 6.71. The molecule has 2 aliphatic rings. The van der Waals surface area contributed by atoms with Crippen molar-refractivity contribution in [1.82, 2.24) is 10.2 Å². The number of hydrogen-bond acceptors (Lipinski definition) is 3. The number of nitrogens with one attached hydrogen (secondary N) is 1. The molecular formula is C16H27F3N2O2. The second-order valence-corrected chi connectivity index (χ2v) is 6.67. The fourth-order valence-corrected chi connectivity index (χ4v) is 3.61. The Morgan fingerprint density at radius 2 is 1.87 bits per heavy atom. The number of piperidine rings is 1. The van der Waals surface area contributed by atoms with Crippen molar-refractivity contribution in [3.8, 4) is 0 Å². The number of alkyl halides is 3. The number of rotatable bonds is 5. The van der Waals surface area contributed by atoms with Crippen LogP contribution in [-0.4, -0.2) is 55.9 Å². The second kappa shape index (κ2) is 8.33. The van der Waals surface area contributed by atoms with E-state index in [9.17, 15) is 18.0 Å². The van der Waals surface area contributed by atoms with Gasteiger partial charge in [-0.25, -0.2) is 0 Å². The van der Waals surface area contributed by atoms with Crippen molar-refractivity contribution >= 4 is 5.91 Å². The Bertz CT molecular complexity index is 382. The highest BCUT2D eigenvalue weighted by molar-refractivity contribution is 5.76. The summed E-state index contributed by atoms with van der Waals surface area (Å²) in [5, 5.41) is 3.40. The molecule has 1 amide bonds. The number of carbonyl (C=O) groups excluding carboxylic acids is 1. The van der Waals surface area contributed by atoms with Crippen molar-refractivity contribution in [2.75, 3.05) is 26.8 Å². The highest BCUT2D eigenvalue weighted by Crippen LogP contribution is 2.37. The van der Waals surface area contributed by atoms with E-state index in [1.165, 1.54) is 0 Å². The highest BCUT2D eigenvalue weighted by atomic mass is 19.4. The van der Waals surface area contributed by atoms with Crippen LogP contribution in [0.2, 0.25) is 0 Å². The van der Waals surface area contributed by atoms with Gasteiger partial charge in [0.25, 0.3) is 0 Å². The molecule has 2 fully saturated rings. The molecule has 1 saturated heterocycles. The lowest BCUT2D eigenvalue weighted by molar-refractivity contribution is -0.184. The maximum Gasteiger partial charge on any atom is 0.391 e. The third-order valence-corrected chi connectivity index (χ3v) is 4.98. The van der Waals surface area contributed by atoms with Gasteiger partial charge in [-0.05, 0) is 32.1 Å². The summed E-state index contributed by atoms with van der Waals surface area (Å²) in [5.74, 6) is -1.07. The second-order valence-electron chi connectivity index (χ2n) is 6.67. The van der Waals surface area contributed by atoms with Gasteiger partial charge >= 0.3 is 6.18 Å². The molecule has 2 atom stereocenters. The maximum atomic E-state index is 12.9. The van der Waals surface area contributed by atoms with Crippen molar-refractivity contribution in [2.24, 2.45) is 5.92 Å². The van der Waals surface area contributed by atoms with Crippen LogP contribution in [0.4, 0.5) is 13.2 Å². The van der Waals surface area contributed by atoms with Gasteiger partial charge in [-0.1, -0.05) is 6.42 Å². The molecule has 0 aromatic heterocycles. The number of methoxy groups -OCH3 is 1. The van der Waals surface area contributed by atoms with Gasteiger partial charge in [0.2, 0.25) is 5.91 Å². The summed E-state index contributed by atoms with van der Waals surface area (Å²) in [4.78, 5) is 13.7. The molecule has 1 heterocycles. The molecule has 0 radical (unpaired) electrons. The van der Waals surface area contributed by atoms with E-state index in [4.69, 9.17) is 4.74 Å². The number of halogens is 3. The number of carbonyl (C=O) groups is 1. The van der Waals surface area contributed by atoms with Crippen LogP contribution in [0.5, 0.6) is 0 Å². The zero-order valence-corrected chi connectivity index (χ0v) is 13.7. The maximum absolute atomic E-state index is 12.9. The number of hydrogen-bond donors (Lipinski definition) is 1. The lowest BCUT2D eigenvalue weighted by atomic mass is 9.84. The molecule has 1 N–H and O–H groups in total. The van der Waals surface area contributed by atoms with Gasteiger partial charge in [-0.3, -0.25) is 4.79 Å². The molecule has 0 unspecified atom stereocenters. The van der Waals surface area contributed by atoms with Crippen LogP contribution < -0.4 is 5.32 Å². The topological polar surface area (TPSA) is 41.6 Å². The molecule has 134 valence electrons. The monoisotopic (exact) mass is 336 g/mol. The minimum atomic E-state index is -4.07. The minimum Gasteiger partial charge on any atom is -0.384 e. The van der Waals surface area contributed by atoms with E-state index < -0.39 is 12.1 Å². The first-order valence-corrected chi connectivity index (χ1v) is 8.49. The van der Waals surface area contributed by atoms with Crippen LogP contribution in [0.1, 0.15) is 44.9 Å². The molecule has 2 rings (SSSR count). The fourth-order valence-electron chi connectivity index (χ4n) is 3.61. The minimum absolute atomic E-state index is 0.0453. The van der Waals surface area contributed by atoms with Crippen molar-refractivity contribution < 1.29 is 22.7 Å². The van der Waals surface area contributed by atoms with Crippen LogP contribution >= 0.6 is 0 Å². The normalized spacial score (nSPS) is 27.2. The van der Waals surface area contributed by atoms with Gasteiger partial charge < -0.3 is 15.0 Å². The molecule has 1 saturated carbocycles. The van der Waals surface area contributed by atoms with Crippen molar-refractivity contribution in [3.63, 3.8) is 0 Å². The largest absolute Gasteiger partial charge is 0.391 e. The van der Waals surface area contributed by atoms with Crippen LogP contribution in [-0.2, 0) is 9.53 Å². The predicted molar refractivity (Wildman–Crippen MR) is 81.0 cm³/mol. The van der Waals surface area contributed by atoms with Crippen LogP contribution in [0.25, 0.3) is 0 Å². The van der Waals surface area contributed by atoms with E-state index in [1.54, 1.807) is 7.11 Å². The molecule has 0 bridgehead atoms. The van der Waals surface area contributed by atoms with E-state index in [-0.39, 0.29) is 30.8 Å². The Labute approximate surface area is 135 Å². The summed E-state index contributed by atoms with van der Waals surface area (Å²) in [7, 11) is 1.57. The Hall–Kier alpha value is -0.820. The third kappa shape index (κ3) is 5.64. The summed E-state index contributed by atoms with van der Waals surface area (Å²) in [6.07, 6.45) is -0.153. The first-order valence-electron chi connectivity index (χ1n) is 8.49. The molecule has 0 spiro atoms. The summed E-state index contributed by atoms with van der Waals surface area (Å²) >= 11 is 0. The van der Waals surface area contributed by atoms with Gasteiger partial charge in [0.1, 0.15) is 0 Å². The number of nitrogens with zero attached hydrogens (tertiary/aromatic N) is 1. The van der Waals surface area contributed by atoms with Gasteiger partial charge in [0.05, 0.1) is 18.9 Å². The van der Waals surface area contributed by atoms with Crippen molar-refractivity contribution in [2.45, 2.75) is 63.2 Å². The number of ether oxygens (including phenoxy) is 1. The van der Waals surface area contributed by atoms with Gasteiger partial charge in [0, 0.05) is 32.3 Å². The van der Waals surface area contributed by atoms with E-state index in [1.807, 2.05) is 4.90 Å². The zero-order chi connectivity index (χ0) is 16.9. The van der Waals surface area contributed by atoms with Crippen LogP contribution in [0, 0.1) is 5.92 Å². The summed E-state index contributed by atoms with van der Waals surface area (Å²) in [6, 6.07) is 0.176. The molecule has 0 aromatic carbocycles. The number of amides is 1.